The second-order valence-corrected chi connectivity index (χ2v) is 11.8. The zero-order valence-corrected chi connectivity index (χ0v) is 18.6. The van der Waals surface area contributed by atoms with E-state index < -0.39 is 20.0 Å². The monoisotopic (exact) mass is 443 g/mol. The molecule has 1 atom stereocenters. The van der Waals surface area contributed by atoms with Crippen LogP contribution in [0.2, 0.25) is 0 Å². The normalized spacial score (nSPS) is 22.6. The highest BCUT2D eigenvalue weighted by molar-refractivity contribution is 7.89. The summed E-state index contributed by atoms with van der Waals surface area (Å²) in [6.45, 7) is 5.31. The van der Waals surface area contributed by atoms with Crippen molar-refractivity contribution in [3.63, 3.8) is 0 Å². The van der Waals surface area contributed by atoms with E-state index in [1.807, 2.05) is 6.92 Å². The van der Waals surface area contributed by atoms with Gasteiger partial charge >= 0.3 is 0 Å². The maximum absolute atomic E-state index is 12.9. The van der Waals surface area contributed by atoms with Crippen molar-refractivity contribution in [3.05, 3.63) is 29.8 Å². The van der Waals surface area contributed by atoms with E-state index >= 15 is 0 Å². The van der Waals surface area contributed by atoms with Crippen LogP contribution in [0.15, 0.2) is 29.2 Å². The van der Waals surface area contributed by atoms with E-state index in [1.54, 1.807) is 36.1 Å². The standard InChI is InChI=1S/C19H29N3O5S2/c1-3-28(24,25)22-10-4-5-17(15-22)19(23)20-11-13-21(14-12-20)29(26,27)18-8-6-16(2)7-9-18/h6-9,17H,3-5,10-15H2,1-2H3/t17-/m0/s1. The summed E-state index contributed by atoms with van der Waals surface area (Å²) in [5.41, 5.74) is 0.992. The van der Waals surface area contributed by atoms with Gasteiger partial charge in [0.15, 0.2) is 0 Å². The first-order valence-corrected chi connectivity index (χ1v) is 13.0. The second kappa shape index (κ2) is 8.71. The highest BCUT2D eigenvalue weighted by Gasteiger charge is 2.36. The van der Waals surface area contributed by atoms with Gasteiger partial charge in [0.05, 0.1) is 16.6 Å². The summed E-state index contributed by atoms with van der Waals surface area (Å²) in [5, 5.41) is 0. The first-order chi connectivity index (χ1) is 13.6. The van der Waals surface area contributed by atoms with Gasteiger partial charge in [0.2, 0.25) is 26.0 Å². The molecule has 1 aromatic carbocycles. The molecule has 0 spiro atoms. The van der Waals surface area contributed by atoms with E-state index in [0.29, 0.717) is 32.5 Å². The fraction of sp³-hybridized carbons (Fsp3) is 0.632. The van der Waals surface area contributed by atoms with Gasteiger partial charge in [-0.25, -0.2) is 21.1 Å². The number of sulfonamides is 2. The molecule has 0 unspecified atom stereocenters. The molecular weight excluding hydrogens is 414 g/mol. The number of amides is 1. The van der Waals surface area contributed by atoms with Crippen LogP contribution in [0.3, 0.4) is 0 Å². The van der Waals surface area contributed by atoms with E-state index in [2.05, 4.69) is 0 Å². The number of hydrogen-bond acceptors (Lipinski definition) is 5. The number of rotatable bonds is 5. The number of piperidine rings is 1. The van der Waals surface area contributed by atoms with Crippen LogP contribution in [0.4, 0.5) is 0 Å². The molecule has 8 nitrogen and oxygen atoms in total. The van der Waals surface area contributed by atoms with Gasteiger partial charge < -0.3 is 4.90 Å². The Balaban J connectivity index is 1.61. The highest BCUT2D eigenvalue weighted by Crippen LogP contribution is 2.23. The first kappa shape index (κ1) is 22.2. The number of nitrogens with zero attached hydrogens (tertiary/aromatic N) is 3. The second-order valence-electron chi connectivity index (χ2n) is 7.64. The number of aryl methyl sites for hydroxylation is 1. The Kier molecular flexibility index (Phi) is 6.67. The fourth-order valence-corrected chi connectivity index (χ4v) is 6.45. The molecule has 29 heavy (non-hydrogen) atoms. The molecule has 0 N–H and O–H groups in total. The summed E-state index contributed by atoms with van der Waals surface area (Å²) in [7, 11) is -6.88. The van der Waals surface area contributed by atoms with Crippen molar-refractivity contribution >= 4 is 26.0 Å². The van der Waals surface area contributed by atoms with Crippen molar-refractivity contribution in [2.24, 2.45) is 5.92 Å². The predicted octanol–water partition coefficient (Wildman–Crippen LogP) is 0.890. The molecule has 10 heteroatoms. The lowest BCUT2D eigenvalue weighted by Gasteiger charge is -2.38. The minimum absolute atomic E-state index is 0.0312. The number of piperazine rings is 1. The molecule has 0 bridgehead atoms. The van der Waals surface area contributed by atoms with Crippen LogP contribution >= 0.6 is 0 Å². The largest absolute Gasteiger partial charge is 0.340 e. The topological polar surface area (TPSA) is 95.1 Å². The molecule has 3 rings (SSSR count). The van der Waals surface area contributed by atoms with Gasteiger partial charge in [-0.3, -0.25) is 4.79 Å². The van der Waals surface area contributed by atoms with E-state index in [9.17, 15) is 21.6 Å². The van der Waals surface area contributed by atoms with Crippen molar-refractivity contribution in [3.8, 4) is 0 Å². The number of carbonyl (C=O) groups excluding carboxylic acids is 1. The Hall–Kier alpha value is -1.49. The molecular formula is C19H29N3O5S2. The summed E-state index contributed by atoms with van der Waals surface area (Å²) in [6, 6.07) is 6.75. The Morgan fingerprint density at radius 1 is 0.966 bits per heavy atom. The summed E-state index contributed by atoms with van der Waals surface area (Å²) >= 11 is 0. The Labute approximate surface area is 173 Å². The maximum atomic E-state index is 12.9. The van der Waals surface area contributed by atoms with Crippen LogP contribution < -0.4 is 0 Å². The molecule has 2 aliphatic heterocycles. The summed E-state index contributed by atoms with van der Waals surface area (Å²) < 4.78 is 52.7. The quantitative estimate of drug-likeness (QED) is 0.674. The average Bonchev–Trinajstić information content (AvgIpc) is 2.73. The van der Waals surface area contributed by atoms with Crippen molar-refractivity contribution in [2.45, 2.75) is 31.6 Å². The first-order valence-electron chi connectivity index (χ1n) is 9.98. The van der Waals surface area contributed by atoms with Gasteiger partial charge in [0.1, 0.15) is 0 Å². The molecule has 2 fully saturated rings. The average molecular weight is 444 g/mol. The minimum atomic E-state index is -3.58. The number of carbonyl (C=O) groups is 1. The lowest BCUT2D eigenvalue weighted by atomic mass is 9.98. The number of hydrogen-bond donors (Lipinski definition) is 0. The Morgan fingerprint density at radius 3 is 2.17 bits per heavy atom. The van der Waals surface area contributed by atoms with Crippen LogP contribution in [0.5, 0.6) is 0 Å². The van der Waals surface area contributed by atoms with Gasteiger partial charge in [-0.15, -0.1) is 0 Å². The van der Waals surface area contributed by atoms with Gasteiger partial charge in [0, 0.05) is 39.3 Å². The van der Waals surface area contributed by atoms with Crippen LogP contribution in [0, 0.1) is 12.8 Å². The third kappa shape index (κ3) is 4.82. The molecule has 0 aliphatic carbocycles. The predicted molar refractivity (Wildman–Crippen MR) is 110 cm³/mol. The van der Waals surface area contributed by atoms with Crippen molar-refractivity contribution in [1.82, 2.24) is 13.5 Å². The minimum Gasteiger partial charge on any atom is -0.340 e. The third-order valence-corrected chi connectivity index (χ3v) is 9.46. The van der Waals surface area contributed by atoms with Gasteiger partial charge in [-0.2, -0.15) is 4.31 Å². The lowest BCUT2D eigenvalue weighted by molar-refractivity contribution is -0.137. The van der Waals surface area contributed by atoms with Crippen molar-refractivity contribution in [2.75, 3.05) is 45.0 Å². The fourth-order valence-electron chi connectivity index (χ4n) is 3.85. The van der Waals surface area contributed by atoms with Crippen LogP contribution in [0.1, 0.15) is 25.3 Å². The van der Waals surface area contributed by atoms with Crippen molar-refractivity contribution < 1.29 is 21.6 Å². The zero-order chi connectivity index (χ0) is 21.2. The third-order valence-electron chi connectivity index (χ3n) is 5.70. The molecule has 0 aromatic heterocycles. The van der Waals surface area contributed by atoms with E-state index in [1.165, 1.54) is 8.61 Å². The maximum Gasteiger partial charge on any atom is 0.243 e. The molecule has 2 aliphatic rings. The molecule has 0 radical (unpaired) electrons. The highest BCUT2D eigenvalue weighted by atomic mass is 32.2. The van der Waals surface area contributed by atoms with Crippen LogP contribution in [-0.4, -0.2) is 81.3 Å². The number of benzene rings is 1. The summed E-state index contributed by atoms with van der Waals surface area (Å²) in [6.07, 6.45) is 1.33. The van der Waals surface area contributed by atoms with Gasteiger partial charge in [-0.05, 0) is 38.8 Å². The zero-order valence-electron chi connectivity index (χ0n) is 17.0. The van der Waals surface area contributed by atoms with Crippen LogP contribution in [0.25, 0.3) is 0 Å². The smallest absolute Gasteiger partial charge is 0.243 e. The van der Waals surface area contributed by atoms with E-state index in [4.69, 9.17) is 0 Å². The van der Waals surface area contributed by atoms with Gasteiger partial charge in [-0.1, -0.05) is 17.7 Å². The SMILES string of the molecule is CCS(=O)(=O)N1CCC[C@H](C(=O)N2CCN(S(=O)(=O)c3ccc(C)cc3)CC2)C1. The molecule has 1 amide bonds. The summed E-state index contributed by atoms with van der Waals surface area (Å²) in [4.78, 5) is 14.8. The van der Waals surface area contributed by atoms with Gasteiger partial charge in [0.25, 0.3) is 0 Å². The molecule has 2 heterocycles. The molecule has 2 saturated heterocycles. The summed E-state index contributed by atoms with van der Waals surface area (Å²) in [5.74, 6) is -0.401. The molecule has 1 aromatic rings. The molecule has 162 valence electrons. The van der Waals surface area contributed by atoms with Crippen molar-refractivity contribution in [1.29, 1.82) is 0 Å². The van der Waals surface area contributed by atoms with Crippen LogP contribution in [-0.2, 0) is 24.8 Å². The van der Waals surface area contributed by atoms with E-state index in [-0.39, 0.29) is 42.1 Å². The lowest BCUT2D eigenvalue weighted by Crippen LogP contribution is -2.54. The Morgan fingerprint density at radius 2 is 1.59 bits per heavy atom. The Bertz CT molecular complexity index is 937. The van der Waals surface area contributed by atoms with E-state index in [0.717, 1.165) is 5.56 Å². The molecule has 0 saturated carbocycles.